The average Bonchev–Trinajstić information content (AvgIpc) is 3.15. The van der Waals surface area contributed by atoms with Gasteiger partial charge < -0.3 is 15.2 Å². The zero-order chi connectivity index (χ0) is 19.0. The molecule has 1 atom stereocenters. The van der Waals surface area contributed by atoms with Crippen molar-refractivity contribution >= 4 is 44.6 Å². The Morgan fingerprint density at radius 2 is 1.96 bits per heavy atom. The van der Waals surface area contributed by atoms with Crippen molar-refractivity contribution < 1.29 is 19.4 Å². The number of benzene rings is 1. The van der Waals surface area contributed by atoms with Gasteiger partial charge in [0.15, 0.2) is 0 Å². The highest BCUT2D eigenvalue weighted by molar-refractivity contribution is 7.21. The average molecular weight is 390 g/mol. The number of aromatic nitrogens is 1. The highest BCUT2D eigenvalue weighted by Crippen LogP contribution is 2.34. The molecule has 0 saturated heterocycles. The van der Waals surface area contributed by atoms with Crippen LogP contribution in [0.25, 0.3) is 10.1 Å². The molecule has 3 rings (SSSR count). The van der Waals surface area contributed by atoms with Gasteiger partial charge in [-0.15, -0.1) is 22.7 Å². The SMILES string of the molecule is COc1ccc2sc(C(=O)NC(C)c3nc(C)c(C(=O)O)s3)c(C)c2c1. The number of carboxylic acid groups (broad SMARTS) is 1. The molecule has 0 aliphatic heterocycles. The van der Waals surface area contributed by atoms with Crippen molar-refractivity contribution in [3.05, 3.63) is 44.2 Å². The van der Waals surface area contributed by atoms with Crippen LogP contribution in [0, 0.1) is 13.8 Å². The van der Waals surface area contributed by atoms with Gasteiger partial charge in [-0.3, -0.25) is 4.79 Å². The Bertz CT molecular complexity index is 1010. The molecule has 6 nitrogen and oxygen atoms in total. The van der Waals surface area contributed by atoms with Gasteiger partial charge in [-0.2, -0.15) is 0 Å². The van der Waals surface area contributed by atoms with Crippen molar-refractivity contribution in [2.75, 3.05) is 7.11 Å². The molecule has 1 unspecified atom stereocenters. The van der Waals surface area contributed by atoms with Crippen LogP contribution in [0.5, 0.6) is 5.75 Å². The maximum Gasteiger partial charge on any atom is 0.347 e. The van der Waals surface area contributed by atoms with Crippen LogP contribution < -0.4 is 10.1 Å². The molecule has 0 fully saturated rings. The van der Waals surface area contributed by atoms with Crippen molar-refractivity contribution in [3.8, 4) is 5.75 Å². The van der Waals surface area contributed by atoms with Gasteiger partial charge in [0.2, 0.25) is 0 Å². The van der Waals surface area contributed by atoms with Crippen LogP contribution in [0.15, 0.2) is 18.2 Å². The predicted octanol–water partition coefficient (Wildman–Crippen LogP) is 4.17. The van der Waals surface area contributed by atoms with E-state index in [1.165, 1.54) is 11.3 Å². The Hall–Kier alpha value is -2.45. The zero-order valence-electron chi connectivity index (χ0n) is 14.7. The second-order valence-corrected chi connectivity index (χ2v) is 7.97. The highest BCUT2D eigenvalue weighted by atomic mass is 32.1. The quantitative estimate of drug-likeness (QED) is 0.682. The molecule has 2 heterocycles. The summed E-state index contributed by atoms with van der Waals surface area (Å²) in [5.41, 5.74) is 1.36. The van der Waals surface area contributed by atoms with Gasteiger partial charge in [0.1, 0.15) is 15.6 Å². The van der Waals surface area contributed by atoms with Gasteiger partial charge in [-0.1, -0.05) is 0 Å². The number of methoxy groups -OCH3 is 1. The lowest BCUT2D eigenvalue weighted by Gasteiger charge is -2.10. The molecule has 3 aromatic rings. The highest BCUT2D eigenvalue weighted by Gasteiger charge is 2.22. The van der Waals surface area contributed by atoms with Crippen LogP contribution in [0.3, 0.4) is 0 Å². The number of carbonyl (C=O) groups is 2. The Balaban J connectivity index is 1.85. The number of fused-ring (bicyclic) bond motifs is 1. The molecule has 1 amide bonds. The summed E-state index contributed by atoms with van der Waals surface area (Å²) in [5, 5.41) is 13.6. The third-order valence-corrected chi connectivity index (χ3v) is 6.67. The number of thiophene rings is 1. The van der Waals surface area contributed by atoms with Gasteiger partial charge in [-0.25, -0.2) is 9.78 Å². The number of nitrogens with one attached hydrogen (secondary N) is 1. The molecule has 0 aliphatic rings. The number of carboxylic acids is 1. The minimum Gasteiger partial charge on any atom is -0.497 e. The van der Waals surface area contributed by atoms with Crippen LogP contribution in [0.4, 0.5) is 0 Å². The largest absolute Gasteiger partial charge is 0.497 e. The predicted molar refractivity (Wildman–Crippen MR) is 103 cm³/mol. The number of hydrogen-bond donors (Lipinski definition) is 2. The van der Waals surface area contributed by atoms with E-state index in [-0.39, 0.29) is 16.8 Å². The van der Waals surface area contributed by atoms with Gasteiger partial charge in [-0.05, 0) is 49.9 Å². The summed E-state index contributed by atoms with van der Waals surface area (Å²) in [4.78, 5) is 29.0. The second-order valence-electron chi connectivity index (χ2n) is 5.89. The van der Waals surface area contributed by atoms with E-state index in [0.717, 1.165) is 32.7 Å². The summed E-state index contributed by atoms with van der Waals surface area (Å²) in [5.74, 6) is -0.447. The molecular weight excluding hydrogens is 372 g/mol. The first-order chi connectivity index (χ1) is 12.3. The Labute approximate surface area is 158 Å². The van der Waals surface area contributed by atoms with Gasteiger partial charge in [0.25, 0.3) is 5.91 Å². The van der Waals surface area contributed by atoms with Crippen molar-refractivity contribution in [2.24, 2.45) is 0 Å². The van der Waals surface area contributed by atoms with Crippen molar-refractivity contribution in [1.82, 2.24) is 10.3 Å². The van der Waals surface area contributed by atoms with E-state index in [1.807, 2.05) is 25.1 Å². The van der Waals surface area contributed by atoms with E-state index >= 15 is 0 Å². The molecule has 2 N–H and O–H groups in total. The normalized spacial score (nSPS) is 12.2. The maximum atomic E-state index is 12.7. The molecule has 136 valence electrons. The fourth-order valence-electron chi connectivity index (χ4n) is 2.67. The minimum absolute atomic E-state index is 0.195. The third-order valence-electron chi connectivity index (χ3n) is 4.07. The summed E-state index contributed by atoms with van der Waals surface area (Å²) in [6, 6.07) is 5.35. The van der Waals surface area contributed by atoms with Gasteiger partial charge in [0, 0.05) is 4.70 Å². The van der Waals surface area contributed by atoms with Crippen LogP contribution in [0.2, 0.25) is 0 Å². The molecule has 0 bridgehead atoms. The lowest BCUT2D eigenvalue weighted by Crippen LogP contribution is -2.26. The van der Waals surface area contributed by atoms with E-state index in [2.05, 4.69) is 10.3 Å². The number of aryl methyl sites for hydroxylation is 2. The smallest absolute Gasteiger partial charge is 0.347 e. The number of rotatable bonds is 5. The molecule has 26 heavy (non-hydrogen) atoms. The van der Waals surface area contributed by atoms with Crippen LogP contribution in [0.1, 0.15) is 48.6 Å². The first kappa shape index (κ1) is 18.3. The van der Waals surface area contributed by atoms with Crippen molar-refractivity contribution in [2.45, 2.75) is 26.8 Å². The van der Waals surface area contributed by atoms with E-state index in [0.29, 0.717) is 15.6 Å². The maximum absolute atomic E-state index is 12.7. The number of amides is 1. The first-order valence-corrected chi connectivity index (χ1v) is 9.53. The number of aromatic carboxylic acids is 1. The summed E-state index contributed by atoms with van der Waals surface area (Å²) >= 11 is 2.51. The number of hydrogen-bond acceptors (Lipinski definition) is 6. The first-order valence-electron chi connectivity index (χ1n) is 7.90. The number of nitrogens with zero attached hydrogens (tertiary/aromatic N) is 1. The molecular formula is C18H18N2O4S2. The van der Waals surface area contributed by atoms with Crippen LogP contribution in [-0.4, -0.2) is 29.1 Å². The third kappa shape index (κ3) is 3.30. The molecule has 2 aromatic heterocycles. The number of thiazole rings is 1. The second kappa shape index (κ2) is 7.05. The van der Waals surface area contributed by atoms with E-state index < -0.39 is 5.97 Å². The standard InChI is InChI=1S/C18H18N2O4S2/c1-8-12-7-11(24-4)5-6-13(12)25-14(8)16(21)19-10(3)17-20-9(2)15(26-17)18(22)23/h5-7,10H,1-4H3,(H,19,21)(H,22,23). The lowest BCUT2D eigenvalue weighted by molar-refractivity contribution is 0.0701. The van der Waals surface area contributed by atoms with Gasteiger partial charge in [0.05, 0.1) is 23.7 Å². The molecule has 0 saturated carbocycles. The zero-order valence-corrected chi connectivity index (χ0v) is 16.4. The fourth-order valence-corrected chi connectivity index (χ4v) is 4.67. The lowest BCUT2D eigenvalue weighted by atomic mass is 10.1. The number of carbonyl (C=O) groups excluding carboxylic acids is 1. The monoisotopic (exact) mass is 390 g/mol. The van der Waals surface area contributed by atoms with E-state index in [4.69, 9.17) is 9.84 Å². The fraction of sp³-hybridized carbons (Fsp3) is 0.278. The van der Waals surface area contributed by atoms with Crippen LogP contribution >= 0.6 is 22.7 Å². The molecule has 0 aliphatic carbocycles. The Morgan fingerprint density at radius 1 is 1.23 bits per heavy atom. The van der Waals surface area contributed by atoms with E-state index in [9.17, 15) is 9.59 Å². The Morgan fingerprint density at radius 3 is 2.58 bits per heavy atom. The van der Waals surface area contributed by atoms with Gasteiger partial charge >= 0.3 is 5.97 Å². The molecule has 0 radical (unpaired) electrons. The molecule has 8 heteroatoms. The minimum atomic E-state index is -1.00. The summed E-state index contributed by atoms with van der Waals surface area (Å²) < 4.78 is 6.26. The molecule has 1 aromatic carbocycles. The summed E-state index contributed by atoms with van der Waals surface area (Å²) in [7, 11) is 1.61. The Kier molecular flexibility index (Phi) is 4.97. The topological polar surface area (TPSA) is 88.5 Å². The summed E-state index contributed by atoms with van der Waals surface area (Å²) in [6.45, 7) is 5.36. The van der Waals surface area contributed by atoms with Crippen LogP contribution in [-0.2, 0) is 0 Å². The summed E-state index contributed by atoms with van der Waals surface area (Å²) in [6.07, 6.45) is 0. The van der Waals surface area contributed by atoms with Crippen molar-refractivity contribution in [3.63, 3.8) is 0 Å². The van der Waals surface area contributed by atoms with Crippen molar-refractivity contribution in [1.29, 1.82) is 0 Å². The van der Waals surface area contributed by atoms with E-state index in [1.54, 1.807) is 21.0 Å². The number of ether oxygens (including phenoxy) is 1. The molecule has 0 spiro atoms.